The molecule has 0 fully saturated rings. The topological polar surface area (TPSA) is 56.3 Å². The third kappa shape index (κ3) is 3.24. The van der Waals surface area contributed by atoms with E-state index >= 15 is 0 Å². The number of nitrogens with one attached hydrogen (secondary N) is 1. The molecule has 0 unspecified atom stereocenters. The Balaban J connectivity index is 2.62. The molecule has 5 heteroatoms. The van der Waals surface area contributed by atoms with Gasteiger partial charge in [-0.3, -0.25) is 0 Å². The molecule has 112 valence electrons. The fourth-order valence-corrected chi connectivity index (χ4v) is 2.00. The molecule has 0 aliphatic rings. The Bertz CT molecular complexity index is 627. The first-order valence-electron chi connectivity index (χ1n) is 6.88. The van der Waals surface area contributed by atoms with Crippen LogP contribution in [0.1, 0.15) is 25.5 Å². The van der Waals surface area contributed by atoms with E-state index < -0.39 is 0 Å². The van der Waals surface area contributed by atoms with Gasteiger partial charge in [-0.1, -0.05) is 13.8 Å². The number of nitrogens with zero attached hydrogens (tertiary/aromatic N) is 2. The second-order valence-corrected chi connectivity index (χ2v) is 4.97. The maximum absolute atomic E-state index is 5.42. The van der Waals surface area contributed by atoms with Crippen LogP contribution in [0.25, 0.3) is 11.4 Å². The largest absolute Gasteiger partial charge is 0.497 e. The first-order chi connectivity index (χ1) is 10.1. The van der Waals surface area contributed by atoms with Gasteiger partial charge in [-0.05, 0) is 24.1 Å². The first-order valence-corrected chi connectivity index (χ1v) is 6.88. The molecule has 5 nitrogen and oxygen atoms in total. The number of methoxy groups -OCH3 is 2. The van der Waals surface area contributed by atoms with Crippen molar-refractivity contribution < 1.29 is 9.47 Å². The lowest BCUT2D eigenvalue weighted by Gasteiger charge is -2.13. The third-order valence-corrected chi connectivity index (χ3v) is 3.24. The zero-order chi connectivity index (χ0) is 15.4. The van der Waals surface area contributed by atoms with E-state index in [1.54, 1.807) is 14.2 Å². The van der Waals surface area contributed by atoms with Crippen molar-refractivity contribution in [3.8, 4) is 22.9 Å². The van der Waals surface area contributed by atoms with Crippen LogP contribution in [0.15, 0.2) is 24.3 Å². The number of anilines is 1. The summed E-state index contributed by atoms with van der Waals surface area (Å²) < 4.78 is 10.7. The van der Waals surface area contributed by atoms with E-state index in [-0.39, 0.29) is 0 Å². The highest BCUT2D eigenvalue weighted by Gasteiger charge is 2.14. The van der Waals surface area contributed by atoms with Crippen LogP contribution < -0.4 is 14.8 Å². The summed E-state index contributed by atoms with van der Waals surface area (Å²) in [6.45, 7) is 4.21. The highest BCUT2D eigenvalue weighted by Crippen LogP contribution is 2.32. The number of hydrogen-bond acceptors (Lipinski definition) is 5. The maximum Gasteiger partial charge on any atom is 0.165 e. The summed E-state index contributed by atoms with van der Waals surface area (Å²) in [4.78, 5) is 9.18. The van der Waals surface area contributed by atoms with E-state index in [0.29, 0.717) is 11.7 Å². The van der Waals surface area contributed by atoms with Crippen LogP contribution in [0, 0.1) is 0 Å². The monoisotopic (exact) mass is 287 g/mol. The van der Waals surface area contributed by atoms with Gasteiger partial charge in [0.2, 0.25) is 0 Å². The van der Waals surface area contributed by atoms with Gasteiger partial charge < -0.3 is 14.8 Å². The van der Waals surface area contributed by atoms with Gasteiger partial charge in [0.1, 0.15) is 17.3 Å². The van der Waals surface area contributed by atoms with E-state index in [4.69, 9.17) is 9.47 Å². The molecule has 2 rings (SSSR count). The SMILES string of the molecule is CNc1cc(C(C)C)nc(-c2cc(OC)ccc2OC)n1. The second kappa shape index (κ2) is 6.43. The molecular weight excluding hydrogens is 266 g/mol. The fourth-order valence-electron chi connectivity index (χ4n) is 2.00. The molecule has 0 saturated heterocycles. The summed E-state index contributed by atoms with van der Waals surface area (Å²) in [5, 5.41) is 3.08. The highest BCUT2D eigenvalue weighted by molar-refractivity contribution is 5.67. The van der Waals surface area contributed by atoms with Gasteiger partial charge in [0.25, 0.3) is 0 Å². The van der Waals surface area contributed by atoms with Crippen LogP contribution in [0.3, 0.4) is 0 Å². The molecule has 0 saturated carbocycles. The van der Waals surface area contributed by atoms with E-state index in [2.05, 4.69) is 29.1 Å². The Morgan fingerprint density at radius 1 is 1.05 bits per heavy atom. The summed E-state index contributed by atoms with van der Waals surface area (Å²) in [7, 11) is 5.12. The molecule has 1 aromatic carbocycles. The minimum atomic E-state index is 0.315. The molecule has 0 radical (unpaired) electrons. The van der Waals surface area contributed by atoms with Crippen LogP contribution >= 0.6 is 0 Å². The quantitative estimate of drug-likeness (QED) is 0.914. The lowest BCUT2D eigenvalue weighted by atomic mass is 10.1. The number of hydrogen-bond donors (Lipinski definition) is 1. The summed E-state index contributed by atoms with van der Waals surface area (Å²) in [6, 6.07) is 7.56. The van der Waals surface area contributed by atoms with Crippen molar-refractivity contribution in [3.63, 3.8) is 0 Å². The minimum Gasteiger partial charge on any atom is -0.497 e. The van der Waals surface area contributed by atoms with Gasteiger partial charge in [-0.15, -0.1) is 0 Å². The molecule has 1 N–H and O–H groups in total. The lowest BCUT2D eigenvalue weighted by molar-refractivity contribution is 0.404. The average Bonchev–Trinajstić information content (AvgIpc) is 2.53. The van der Waals surface area contributed by atoms with Crippen LogP contribution in [0.2, 0.25) is 0 Å². The van der Waals surface area contributed by atoms with Crippen LogP contribution in [0.4, 0.5) is 5.82 Å². The Labute approximate surface area is 125 Å². The van der Waals surface area contributed by atoms with Crippen molar-refractivity contribution in [3.05, 3.63) is 30.0 Å². The zero-order valence-electron chi connectivity index (χ0n) is 13.1. The number of ether oxygens (including phenoxy) is 2. The number of benzene rings is 1. The van der Waals surface area contributed by atoms with Gasteiger partial charge in [-0.2, -0.15) is 0 Å². The summed E-state index contributed by atoms with van der Waals surface area (Å²) in [5.74, 6) is 3.19. The lowest BCUT2D eigenvalue weighted by Crippen LogP contribution is -2.03. The number of aromatic nitrogens is 2. The van der Waals surface area contributed by atoms with Gasteiger partial charge in [-0.25, -0.2) is 9.97 Å². The maximum atomic E-state index is 5.42. The van der Waals surface area contributed by atoms with Crippen molar-refractivity contribution in [2.24, 2.45) is 0 Å². The van der Waals surface area contributed by atoms with Crippen molar-refractivity contribution in [1.82, 2.24) is 9.97 Å². The molecule has 0 aliphatic heterocycles. The van der Waals surface area contributed by atoms with Crippen molar-refractivity contribution in [2.45, 2.75) is 19.8 Å². The Kier molecular flexibility index (Phi) is 4.62. The van der Waals surface area contributed by atoms with Crippen LogP contribution in [0.5, 0.6) is 11.5 Å². The molecule has 21 heavy (non-hydrogen) atoms. The molecule has 1 heterocycles. The fraction of sp³-hybridized carbons (Fsp3) is 0.375. The third-order valence-electron chi connectivity index (χ3n) is 3.24. The van der Waals surface area contributed by atoms with Gasteiger partial charge in [0, 0.05) is 18.8 Å². The van der Waals surface area contributed by atoms with E-state index in [0.717, 1.165) is 28.6 Å². The molecule has 1 aromatic heterocycles. The average molecular weight is 287 g/mol. The Morgan fingerprint density at radius 3 is 2.38 bits per heavy atom. The molecule has 0 amide bonds. The normalized spacial score (nSPS) is 10.6. The molecule has 0 aliphatic carbocycles. The van der Waals surface area contributed by atoms with E-state index in [9.17, 15) is 0 Å². The van der Waals surface area contributed by atoms with Crippen molar-refractivity contribution in [2.75, 3.05) is 26.6 Å². The number of rotatable bonds is 5. The van der Waals surface area contributed by atoms with Crippen molar-refractivity contribution >= 4 is 5.82 Å². The smallest absolute Gasteiger partial charge is 0.165 e. The molecule has 0 spiro atoms. The van der Waals surface area contributed by atoms with Gasteiger partial charge in [0.05, 0.1) is 19.8 Å². The summed E-state index contributed by atoms with van der Waals surface area (Å²) >= 11 is 0. The molecular formula is C16H21N3O2. The Hall–Kier alpha value is -2.30. The molecule has 2 aromatic rings. The minimum absolute atomic E-state index is 0.315. The van der Waals surface area contributed by atoms with Gasteiger partial charge >= 0.3 is 0 Å². The zero-order valence-corrected chi connectivity index (χ0v) is 13.1. The standard InChI is InChI=1S/C16H21N3O2/c1-10(2)13-9-15(17-3)19-16(18-13)12-8-11(20-4)6-7-14(12)21-5/h6-10H,1-5H3,(H,17,18,19). The Morgan fingerprint density at radius 2 is 1.81 bits per heavy atom. The predicted octanol–water partition coefficient (Wildman–Crippen LogP) is 3.33. The molecule has 0 atom stereocenters. The van der Waals surface area contributed by atoms with Gasteiger partial charge in [0.15, 0.2) is 5.82 Å². The molecule has 0 bridgehead atoms. The van der Waals surface area contributed by atoms with E-state index in [1.807, 2.05) is 31.3 Å². The highest BCUT2D eigenvalue weighted by atomic mass is 16.5. The van der Waals surface area contributed by atoms with Crippen LogP contribution in [-0.2, 0) is 0 Å². The summed E-state index contributed by atoms with van der Waals surface area (Å²) in [5.41, 5.74) is 1.80. The summed E-state index contributed by atoms with van der Waals surface area (Å²) in [6.07, 6.45) is 0. The predicted molar refractivity (Wildman–Crippen MR) is 84.2 cm³/mol. The van der Waals surface area contributed by atoms with Crippen LogP contribution in [-0.4, -0.2) is 31.2 Å². The second-order valence-electron chi connectivity index (χ2n) is 4.97. The van der Waals surface area contributed by atoms with E-state index in [1.165, 1.54) is 0 Å². The van der Waals surface area contributed by atoms with Crippen molar-refractivity contribution in [1.29, 1.82) is 0 Å². The first kappa shape index (κ1) is 15.1.